The molecule has 2 rings (SSSR count). The molecule has 88 valence electrons. The van der Waals surface area contributed by atoms with Crippen LogP contribution >= 0.6 is 27.5 Å². The SMILES string of the molecule is Fc1ccc(Cl)c(Nc2ncc(Br)cc2F)c1. The third-order valence-electron chi connectivity index (χ3n) is 1.99. The first kappa shape index (κ1) is 12.3. The molecule has 1 aromatic heterocycles. The molecule has 1 aromatic carbocycles. The van der Waals surface area contributed by atoms with Gasteiger partial charge in [0.05, 0.1) is 10.7 Å². The van der Waals surface area contributed by atoms with Crippen LogP contribution in [0.1, 0.15) is 0 Å². The molecule has 0 saturated carbocycles. The molecule has 0 radical (unpaired) electrons. The Balaban J connectivity index is 2.34. The lowest BCUT2D eigenvalue weighted by Gasteiger charge is -2.08. The van der Waals surface area contributed by atoms with Crippen LogP contribution in [0.4, 0.5) is 20.3 Å². The van der Waals surface area contributed by atoms with Gasteiger partial charge in [-0.25, -0.2) is 13.8 Å². The zero-order valence-electron chi connectivity index (χ0n) is 8.35. The van der Waals surface area contributed by atoms with Crippen LogP contribution < -0.4 is 5.32 Å². The summed E-state index contributed by atoms with van der Waals surface area (Å²) < 4.78 is 27.0. The number of nitrogens with one attached hydrogen (secondary N) is 1. The Labute approximate surface area is 110 Å². The molecule has 6 heteroatoms. The van der Waals surface area contributed by atoms with Gasteiger partial charge in [0, 0.05) is 10.7 Å². The van der Waals surface area contributed by atoms with Crippen molar-refractivity contribution in [3.8, 4) is 0 Å². The van der Waals surface area contributed by atoms with Crippen LogP contribution in [0.5, 0.6) is 0 Å². The largest absolute Gasteiger partial charge is 0.336 e. The predicted octanol–water partition coefficient (Wildman–Crippen LogP) is 4.52. The van der Waals surface area contributed by atoms with E-state index in [-0.39, 0.29) is 16.5 Å². The maximum Gasteiger partial charge on any atom is 0.166 e. The summed E-state index contributed by atoms with van der Waals surface area (Å²) in [5.74, 6) is -1.03. The van der Waals surface area contributed by atoms with E-state index in [4.69, 9.17) is 11.6 Å². The Kier molecular flexibility index (Phi) is 3.59. The number of benzene rings is 1. The lowest BCUT2D eigenvalue weighted by atomic mass is 10.3. The van der Waals surface area contributed by atoms with Gasteiger partial charge in [-0.3, -0.25) is 0 Å². The molecular weight excluding hydrogens is 313 g/mol. The summed E-state index contributed by atoms with van der Waals surface area (Å²) in [5.41, 5.74) is 0.264. The summed E-state index contributed by atoms with van der Waals surface area (Å²) in [6.45, 7) is 0. The van der Waals surface area contributed by atoms with Gasteiger partial charge >= 0.3 is 0 Å². The Bertz CT molecular complexity index is 563. The molecule has 0 atom stereocenters. The number of nitrogens with zero attached hydrogens (tertiary/aromatic N) is 1. The van der Waals surface area contributed by atoms with Gasteiger partial charge in [-0.05, 0) is 40.2 Å². The first-order valence-corrected chi connectivity index (χ1v) is 5.76. The number of pyridine rings is 1. The molecule has 0 amide bonds. The van der Waals surface area contributed by atoms with Crippen LogP contribution in [0.15, 0.2) is 34.9 Å². The molecule has 0 saturated heterocycles. The minimum absolute atomic E-state index is 0.0132. The summed E-state index contributed by atoms with van der Waals surface area (Å²) >= 11 is 8.93. The minimum Gasteiger partial charge on any atom is -0.336 e. The van der Waals surface area contributed by atoms with E-state index in [0.717, 1.165) is 0 Å². The van der Waals surface area contributed by atoms with Crippen molar-refractivity contribution >= 4 is 39.0 Å². The molecule has 0 aliphatic heterocycles. The molecule has 17 heavy (non-hydrogen) atoms. The van der Waals surface area contributed by atoms with E-state index >= 15 is 0 Å². The monoisotopic (exact) mass is 318 g/mol. The Morgan fingerprint density at radius 2 is 2.00 bits per heavy atom. The highest BCUT2D eigenvalue weighted by molar-refractivity contribution is 9.10. The summed E-state index contributed by atoms with van der Waals surface area (Å²) in [6, 6.07) is 5.03. The summed E-state index contributed by atoms with van der Waals surface area (Å²) in [7, 11) is 0. The zero-order valence-corrected chi connectivity index (χ0v) is 10.7. The summed E-state index contributed by atoms with van der Waals surface area (Å²) in [6.07, 6.45) is 1.43. The van der Waals surface area contributed by atoms with Crippen molar-refractivity contribution in [1.29, 1.82) is 0 Å². The van der Waals surface area contributed by atoms with Gasteiger partial charge in [0.2, 0.25) is 0 Å². The lowest BCUT2D eigenvalue weighted by Crippen LogP contribution is -1.98. The third-order valence-corrected chi connectivity index (χ3v) is 2.75. The van der Waals surface area contributed by atoms with Crippen LogP contribution in [-0.2, 0) is 0 Å². The molecule has 0 unspecified atom stereocenters. The minimum atomic E-state index is -0.556. The number of rotatable bonds is 2. The fraction of sp³-hybridized carbons (Fsp3) is 0. The van der Waals surface area contributed by atoms with Gasteiger partial charge in [0.25, 0.3) is 0 Å². The molecular formula is C11H6BrClF2N2. The van der Waals surface area contributed by atoms with Crippen molar-refractivity contribution in [3.63, 3.8) is 0 Å². The maximum absolute atomic E-state index is 13.5. The molecule has 0 spiro atoms. The van der Waals surface area contributed by atoms with Gasteiger partial charge in [0.15, 0.2) is 11.6 Å². The second-order valence-corrected chi connectivity index (χ2v) is 4.56. The number of aromatic nitrogens is 1. The van der Waals surface area contributed by atoms with Crippen LogP contribution in [0.3, 0.4) is 0 Å². The number of hydrogen-bond acceptors (Lipinski definition) is 2. The van der Waals surface area contributed by atoms with Crippen molar-refractivity contribution in [1.82, 2.24) is 4.98 Å². The van der Waals surface area contributed by atoms with Gasteiger partial charge in [-0.1, -0.05) is 11.6 Å². The van der Waals surface area contributed by atoms with Gasteiger partial charge < -0.3 is 5.32 Å². The Morgan fingerprint density at radius 1 is 1.24 bits per heavy atom. The van der Waals surface area contributed by atoms with Gasteiger partial charge in [0.1, 0.15) is 5.82 Å². The average molecular weight is 320 g/mol. The van der Waals surface area contributed by atoms with Crippen LogP contribution in [0.25, 0.3) is 0 Å². The van der Waals surface area contributed by atoms with E-state index in [1.807, 2.05) is 0 Å². The number of halogens is 4. The van der Waals surface area contributed by atoms with E-state index in [1.54, 1.807) is 0 Å². The second kappa shape index (κ2) is 4.98. The van der Waals surface area contributed by atoms with Gasteiger partial charge in [-0.2, -0.15) is 0 Å². The van der Waals surface area contributed by atoms with Crippen molar-refractivity contribution < 1.29 is 8.78 Å². The first-order valence-electron chi connectivity index (χ1n) is 4.59. The first-order chi connectivity index (χ1) is 8.06. The van der Waals surface area contributed by atoms with E-state index in [2.05, 4.69) is 26.2 Å². The summed E-state index contributed by atoms with van der Waals surface area (Å²) in [4.78, 5) is 3.83. The number of anilines is 2. The number of hydrogen-bond donors (Lipinski definition) is 1. The van der Waals surface area contributed by atoms with Crippen molar-refractivity contribution in [2.24, 2.45) is 0 Å². The Morgan fingerprint density at radius 3 is 2.71 bits per heavy atom. The van der Waals surface area contributed by atoms with E-state index in [9.17, 15) is 8.78 Å². The highest BCUT2D eigenvalue weighted by Crippen LogP contribution is 2.27. The lowest BCUT2D eigenvalue weighted by molar-refractivity contribution is 0.623. The standard InChI is InChI=1S/C11H6BrClF2N2/c12-6-3-9(15)11(16-5-6)17-10-4-7(14)1-2-8(10)13/h1-5H,(H,16,17). The average Bonchev–Trinajstić information content (AvgIpc) is 2.27. The Hall–Kier alpha value is -1.20. The normalized spacial score (nSPS) is 10.4. The second-order valence-electron chi connectivity index (χ2n) is 3.23. The zero-order chi connectivity index (χ0) is 12.4. The van der Waals surface area contributed by atoms with Crippen LogP contribution in [0, 0.1) is 11.6 Å². The topological polar surface area (TPSA) is 24.9 Å². The van der Waals surface area contributed by atoms with E-state index in [1.165, 1.54) is 30.5 Å². The quantitative estimate of drug-likeness (QED) is 0.880. The van der Waals surface area contributed by atoms with E-state index in [0.29, 0.717) is 4.47 Å². The fourth-order valence-corrected chi connectivity index (χ4v) is 1.70. The van der Waals surface area contributed by atoms with Crippen LogP contribution in [-0.4, -0.2) is 4.98 Å². The van der Waals surface area contributed by atoms with Crippen molar-refractivity contribution in [2.45, 2.75) is 0 Å². The molecule has 2 aromatic rings. The smallest absolute Gasteiger partial charge is 0.166 e. The molecule has 2 nitrogen and oxygen atoms in total. The van der Waals surface area contributed by atoms with Crippen LogP contribution in [0.2, 0.25) is 5.02 Å². The van der Waals surface area contributed by atoms with E-state index < -0.39 is 11.6 Å². The third kappa shape index (κ3) is 2.92. The fourth-order valence-electron chi connectivity index (χ4n) is 1.23. The highest BCUT2D eigenvalue weighted by atomic mass is 79.9. The highest BCUT2D eigenvalue weighted by Gasteiger charge is 2.08. The molecule has 0 aliphatic rings. The summed E-state index contributed by atoms with van der Waals surface area (Å²) in [5, 5.41) is 2.92. The molecule has 1 heterocycles. The predicted molar refractivity (Wildman–Crippen MR) is 66.6 cm³/mol. The molecule has 0 fully saturated rings. The molecule has 1 N–H and O–H groups in total. The maximum atomic E-state index is 13.5. The molecule has 0 bridgehead atoms. The van der Waals surface area contributed by atoms with Crippen molar-refractivity contribution in [3.05, 3.63) is 51.6 Å². The molecule has 0 aliphatic carbocycles. The van der Waals surface area contributed by atoms with Gasteiger partial charge in [-0.15, -0.1) is 0 Å². The van der Waals surface area contributed by atoms with Crippen molar-refractivity contribution in [2.75, 3.05) is 5.32 Å².